The van der Waals surface area contributed by atoms with Crippen LogP contribution in [0.2, 0.25) is 0 Å². The van der Waals surface area contributed by atoms with Crippen molar-refractivity contribution in [2.45, 2.75) is 12.5 Å². The molecule has 0 bridgehead atoms. The van der Waals surface area contributed by atoms with E-state index < -0.39 is 17.7 Å². The second-order valence-electron chi connectivity index (χ2n) is 3.56. The Hall–Kier alpha value is -1.68. The molecule has 0 aliphatic carbocycles. The summed E-state index contributed by atoms with van der Waals surface area (Å²) in [4.78, 5) is 0. The fourth-order valence-electron chi connectivity index (χ4n) is 1.54. The van der Waals surface area contributed by atoms with E-state index in [0.717, 1.165) is 18.2 Å². The van der Waals surface area contributed by atoms with Gasteiger partial charge in [0.25, 0.3) is 0 Å². The van der Waals surface area contributed by atoms with Crippen molar-refractivity contribution in [2.75, 3.05) is 0 Å². The highest BCUT2D eigenvalue weighted by atomic mass is 19.1. The second kappa shape index (κ2) is 4.45. The molecule has 2 rings (SSSR count). The van der Waals surface area contributed by atoms with Crippen LogP contribution in [0.15, 0.2) is 41.0 Å². The molecule has 4 heteroatoms. The first-order chi connectivity index (χ1) is 7.66. The highest BCUT2D eigenvalue weighted by molar-refractivity contribution is 5.21. The van der Waals surface area contributed by atoms with Crippen molar-refractivity contribution >= 4 is 0 Å². The number of halogens is 2. The summed E-state index contributed by atoms with van der Waals surface area (Å²) in [7, 11) is 0. The summed E-state index contributed by atoms with van der Waals surface area (Å²) >= 11 is 0. The Bertz CT molecular complexity index is 468. The first-order valence-corrected chi connectivity index (χ1v) is 4.89. The Morgan fingerprint density at radius 1 is 1.25 bits per heavy atom. The molecule has 0 amide bonds. The van der Waals surface area contributed by atoms with Crippen molar-refractivity contribution in [1.29, 1.82) is 0 Å². The second-order valence-corrected chi connectivity index (χ2v) is 3.56. The maximum Gasteiger partial charge on any atom is 0.126 e. The van der Waals surface area contributed by atoms with Crippen LogP contribution in [0.4, 0.5) is 8.78 Å². The fraction of sp³-hybridized carbons (Fsp3) is 0.167. The molecule has 1 aromatic heterocycles. The van der Waals surface area contributed by atoms with Gasteiger partial charge in [-0.1, -0.05) is 0 Å². The van der Waals surface area contributed by atoms with Crippen LogP contribution < -0.4 is 5.73 Å². The van der Waals surface area contributed by atoms with Gasteiger partial charge in [0.05, 0.1) is 12.3 Å². The van der Waals surface area contributed by atoms with E-state index in [1.807, 2.05) is 0 Å². The van der Waals surface area contributed by atoms with Gasteiger partial charge in [-0.05, 0) is 42.3 Å². The van der Waals surface area contributed by atoms with Gasteiger partial charge in [0, 0.05) is 0 Å². The zero-order chi connectivity index (χ0) is 11.5. The van der Waals surface area contributed by atoms with Gasteiger partial charge in [0.2, 0.25) is 0 Å². The van der Waals surface area contributed by atoms with Crippen LogP contribution in [0.25, 0.3) is 0 Å². The smallest absolute Gasteiger partial charge is 0.126 e. The molecule has 16 heavy (non-hydrogen) atoms. The van der Waals surface area contributed by atoms with E-state index in [4.69, 9.17) is 10.2 Å². The summed E-state index contributed by atoms with van der Waals surface area (Å²) in [6.07, 6.45) is 1.70. The summed E-state index contributed by atoms with van der Waals surface area (Å²) in [6, 6.07) is 6.28. The topological polar surface area (TPSA) is 39.2 Å². The van der Waals surface area contributed by atoms with Gasteiger partial charge in [-0.3, -0.25) is 0 Å². The lowest BCUT2D eigenvalue weighted by Crippen LogP contribution is -2.13. The minimum atomic E-state index is -0.469. The minimum Gasteiger partial charge on any atom is -0.468 e. The number of furan rings is 1. The van der Waals surface area contributed by atoms with Gasteiger partial charge in [0.1, 0.15) is 17.4 Å². The molecule has 0 saturated heterocycles. The zero-order valence-corrected chi connectivity index (χ0v) is 8.49. The number of hydrogen-bond donors (Lipinski definition) is 1. The van der Waals surface area contributed by atoms with Crippen LogP contribution in [0, 0.1) is 11.6 Å². The minimum absolute atomic E-state index is 0.205. The van der Waals surface area contributed by atoms with Gasteiger partial charge in [0.15, 0.2) is 0 Å². The van der Waals surface area contributed by atoms with Crippen LogP contribution in [0.3, 0.4) is 0 Å². The first kappa shape index (κ1) is 10.8. The lowest BCUT2D eigenvalue weighted by Gasteiger charge is -2.09. The SMILES string of the molecule is NC(Cc1cc(F)ccc1F)c1ccco1. The molecule has 2 aromatic rings. The van der Waals surface area contributed by atoms with Gasteiger partial charge < -0.3 is 10.2 Å². The Morgan fingerprint density at radius 3 is 2.75 bits per heavy atom. The Kier molecular flexibility index (Phi) is 3.01. The summed E-state index contributed by atoms with van der Waals surface area (Å²) < 4.78 is 31.3. The molecule has 0 aliphatic rings. The zero-order valence-electron chi connectivity index (χ0n) is 8.49. The van der Waals surface area contributed by atoms with E-state index in [-0.39, 0.29) is 12.0 Å². The van der Waals surface area contributed by atoms with Crippen molar-refractivity contribution in [3.05, 3.63) is 59.6 Å². The monoisotopic (exact) mass is 223 g/mol. The molecule has 1 heterocycles. The Balaban J connectivity index is 2.17. The fourth-order valence-corrected chi connectivity index (χ4v) is 1.54. The van der Waals surface area contributed by atoms with Gasteiger partial charge >= 0.3 is 0 Å². The summed E-state index contributed by atoms with van der Waals surface area (Å²) in [5.74, 6) is -0.366. The van der Waals surface area contributed by atoms with Crippen molar-refractivity contribution in [3.8, 4) is 0 Å². The largest absolute Gasteiger partial charge is 0.468 e. The molecular weight excluding hydrogens is 212 g/mol. The van der Waals surface area contributed by atoms with E-state index in [1.165, 1.54) is 6.26 Å². The van der Waals surface area contributed by atoms with E-state index in [0.29, 0.717) is 5.76 Å². The third-order valence-electron chi connectivity index (χ3n) is 2.36. The van der Waals surface area contributed by atoms with E-state index in [2.05, 4.69) is 0 Å². The molecular formula is C12H11F2NO. The summed E-state index contributed by atoms with van der Waals surface area (Å²) in [6.45, 7) is 0. The van der Waals surface area contributed by atoms with Gasteiger partial charge in [-0.2, -0.15) is 0 Å². The molecule has 0 fully saturated rings. The van der Waals surface area contributed by atoms with Crippen molar-refractivity contribution in [2.24, 2.45) is 5.73 Å². The predicted octanol–water partition coefficient (Wildman–Crippen LogP) is 2.80. The molecule has 1 unspecified atom stereocenters. The number of hydrogen-bond acceptors (Lipinski definition) is 2. The lowest BCUT2D eigenvalue weighted by molar-refractivity contribution is 0.459. The van der Waals surface area contributed by atoms with E-state index >= 15 is 0 Å². The van der Waals surface area contributed by atoms with Crippen LogP contribution in [0.1, 0.15) is 17.4 Å². The third-order valence-corrected chi connectivity index (χ3v) is 2.36. The highest BCUT2D eigenvalue weighted by Gasteiger charge is 2.13. The van der Waals surface area contributed by atoms with Crippen LogP contribution in [0.5, 0.6) is 0 Å². The summed E-state index contributed by atoms with van der Waals surface area (Å²) in [5.41, 5.74) is 6.06. The molecule has 2 nitrogen and oxygen atoms in total. The van der Waals surface area contributed by atoms with Crippen LogP contribution in [-0.2, 0) is 6.42 Å². The van der Waals surface area contributed by atoms with Crippen LogP contribution in [-0.4, -0.2) is 0 Å². The maximum absolute atomic E-state index is 13.3. The van der Waals surface area contributed by atoms with Gasteiger partial charge in [-0.15, -0.1) is 0 Å². The van der Waals surface area contributed by atoms with Crippen LogP contribution >= 0.6 is 0 Å². The van der Waals surface area contributed by atoms with E-state index in [9.17, 15) is 8.78 Å². The number of benzene rings is 1. The average Bonchev–Trinajstić information content (AvgIpc) is 2.76. The number of nitrogens with two attached hydrogens (primary N) is 1. The standard InChI is InChI=1S/C12H11F2NO/c13-9-3-4-10(14)8(6-9)7-11(15)12-2-1-5-16-12/h1-6,11H,7,15H2. The lowest BCUT2D eigenvalue weighted by atomic mass is 10.0. The molecule has 0 saturated carbocycles. The molecule has 84 valence electrons. The van der Waals surface area contributed by atoms with Crippen molar-refractivity contribution in [1.82, 2.24) is 0 Å². The van der Waals surface area contributed by atoms with E-state index in [1.54, 1.807) is 12.1 Å². The molecule has 1 aromatic carbocycles. The molecule has 0 spiro atoms. The average molecular weight is 223 g/mol. The summed E-state index contributed by atoms with van der Waals surface area (Å²) in [5, 5.41) is 0. The molecule has 1 atom stereocenters. The highest BCUT2D eigenvalue weighted by Crippen LogP contribution is 2.19. The number of rotatable bonds is 3. The van der Waals surface area contributed by atoms with Crippen molar-refractivity contribution in [3.63, 3.8) is 0 Å². The maximum atomic E-state index is 13.3. The quantitative estimate of drug-likeness (QED) is 0.868. The molecule has 0 aliphatic heterocycles. The molecule has 2 N–H and O–H groups in total. The normalized spacial score (nSPS) is 12.7. The third kappa shape index (κ3) is 2.28. The van der Waals surface area contributed by atoms with Crippen molar-refractivity contribution < 1.29 is 13.2 Å². The Labute approximate surface area is 91.7 Å². The molecule has 0 radical (unpaired) electrons. The Morgan fingerprint density at radius 2 is 2.06 bits per heavy atom. The first-order valence-electron chi connectivity index (χ1n) is 4.89. The predicted molar refractivity (Wildman–Crippen MR) is 55.7 cm³/mol. The van der Waals surface area contributed by atoms with Gasteiger partial charge in [-0.25, -0.2) is 8.78 Å².